The normalized spacial score (nSPS) is 16.6. The molecule has 1 aliphatic rings. The smallest absolute Gasteiger partial charge is 0.252 e. The van der Waals surface area contributed by atoms with E-state index in [9.17, 15) is 8.78 Å². The fourth-order valence-electron chi connectivity index (χ4n) is 3.66. The minimum atomic E-state index is -2.81. The summed E-state index contributed by atoms with van der Waals surface area (Å²) >= 11 is 0. The maximum absolute atomic E-state index is 14.4. The zero-order chi connectivity index (χ0) is 22.9. The van der Waals surface area contributed by atoms with Gasteiger partial charge in [0.05, 0.1) is 0 Å². The molecule has 1 heterocycles. The molecule has 0 bridgehead atoms. The van der Waals surface area contributed by atoms with Gasteiger partial charge < -0.3 is 16.6 Å². The molecule has 0 fully saturated rings. The number of nitrogens with one attached hydrogen (secondary N) is 2. The van der Waals surface area contributed by atoms with E-state index in [1.165, 1.54) is 12.4 Å². The molecule has 0 spiro atoms. The first kappa shape index (κ1) is 25.4. The first-order valence-electron chi connectivity index (χ1n) is 10.5. The zero-order valence-corrected chi connectivity index (χ0v) is 18.7. The summed E-state index contributed by atoms with van der Waals surface area (Å²) in [6.45, 7) is 9.72. The van der Waals surface area contributed by atoms with Crippen molar-refractivity contribution in [2.24, 2.45) is 5.73 Å². The van der Waals surface area contributed by atoms with Crippen molar-refractivity contribution in [2.75, 3.05) is 0 Å². The molecule has 0 saturated carbocycles. The lowest BCUT2D eigenvalue weighted by atomic mass is 9.78. The third kappa shape index (κ3) is 5.71. The van der Waals surface area contributed by atoms with Crippen LogP contribution in [0.4, 0.5) is 8.78 Å². The molecule has 0 amide bonds. The van der Waals surface area contributed by atoms with Crippen molar-refractivity contribution >= 4 is 18.0 Å². The zero-order valence-electron chi connectivity index (χ0n) is 18.7. The summed E-state index contributed by atoms with van der Waals surface area (Å²) in [7, 11) is 0. The molecular weight excluding hydrogens is 382 g/mol. The molecule has 0 aliphatic heterocycles. The number of alkyl halides is 2. The maximum atomic E-state index is 14.4. The van der Waals surface area contributed by atoms with Gasteiger partial charge in [-0.25, -0.2) is 8.78 Å². The average molecular weight is 417 g/mol. The van der Waals surface area contributed by atoms with Crippen LogP contribution in [-0.2, 0) is 0 Å². The highest BCUT2D eigenvalue weighted by atomic mass is 19.3. The lowest BCUT2D eigenvalue weighted by Gasteiger charge is -2.30. The van der Waals surface area contributed by atoms with Crippen LogP contribution in [0.2, 0.25) is 0 Å². The topological polar surface area (TPSA) is 86.6 Å². The largest absolute Gasteiger partial charge is 0.404 e. The fraction of sp³-hybridized carbons (Fsp3) is 0.458. The number of rotatable bonds is 7. The van der Waals surface area contributed by atoms with Crippen molar-refractivity contribution < 1.29 is 8.78 Å². The second-order valence-electron chi connectivity index (χ2n) is 7.12. The van der Waals surface area contributed by atoms with Crippen LogP contribution in [0.25, 0.3) is 5.57 Å². The van der Waals surface area contributed by atoms with Crippen LogP contribution in [-0.4, -0.2) is 23.3 Å². The van der Waals surface area contributed by atoms with Gasteiger partial charge in [-0.3, -0.25) is 4.98 Å². The Morgan fingerprint density at radius 2 is 1.93 bits per heavy atom. The third-order valence-electron chi connectivity index (χ3n) is 5.10. The van der Waals surface area contributed by atoms with E-state index in [2.05, 4.69) is 4.98 Å². The van der Waals surface area contributed by atoms with Crippen LogP contribution in [0.15, 0.2) is 35.2 Å². The number of aromatic nitrogens is 1. The van der Waals surface area contributed by atoms with E-state index in [-0.39, 0.29) is 12.8 Å². The average Bonchev–Trinajstić information content (AvgIpc) is 2.74. The number of hydrogen-bond acceptors (Lipinski definition) is 4. The van der Waals surface area contributed by atoms with Gasteiger partial charge in [-0.1, -0.05) is 33.3 Å². The Kier molecular flexibility index (Phi) is 9.76. The van der Waals surface area contributed by atoms with Crippen molar-refractivity contribution in [3.05, 3.63) is 57.6 Å². The first-order chi connectivity index (χ1) is 14.3. The van der Waals surface area contributed by atoms with Crippen molar-refractivity contribution in [2.45, 2.75) is 72.6 Å². The predicted molar refractivity (Wildman–Crippen MR) is 123 cm³/mol. The molecule has 6 heteroatoms. The quantitative estimate of drug-likeness (QED) is 0.349. The SMILES string of the molecule is CC.CCC/C=C(C1=C(c2c(C)cnc(C)c2C=N)CCC(F)(F)C1)\C(C=N)=C\N. The molecule has 1 aromatic rings. The summed E-state index contributed by atoms with van der Waals surface area (Å²) in [5, 5.41) is 15.5. The van der Waals surface area contributed by atoms with E-state index >= 15 is 0 Å². The summed E-state index contributed by atoms with van der Waals surface area (Å²) in [5.74, 6) is -2.81. The molecule has 0 saturated heterocycles. The lowest BCUT2D eigenvalue weighted by Crippen LogP contribution is -2.24. The summed E-state index contributed by atoms with van der Waals surface area (Å²) < 4.78 is 28.9. The highest BCUT2D eigenvalue weighted by Gasteiger charge is 2.38. The maximum Gasteiger partial charge on any atom is 0.252 e. The standard InChI is InChI=1S/C22H28F2N4.C2H6/c1-4-5-6-17(16(10-25)11-26)19-9-22(23,24)8-7-18(19)21-14(2)13-28-15(3)20(21)12-27;1-2/h6,10-13,25,27H,4-5,7-9,26H2,1-3H3;1-2H3/b16-11+,17-6+,25-10?,27-12?;. The van der Waals surface area contributed by atoms with Crippen molar-refractivity contribution in [3.63, 3.8) is 0 Å². The van der Waals surface area contributed by atoms with Crippen LogP contribution in [0.5, 0.6) is 0 Å². The number of aryl methyl sites for hydroxylation is 2. The van der Waals surface area contributed by atoms with E-state index in [0.717, 1.165) is 29.3 Å². The molecule has 4 nitrogen and oxygen atoms in total. The summed E-state index contributed by atoms with van der Waals surface area (Å²) in [4.78, 5) is 4.32. The Hall–Kier alpha value is -2.63. The summed E-state index contributed by atoms with van der Waals surface area (Å²) in [6.07, 6.45) is 8.40. The molecule has 0 radical (unpaired) electrons. The van der Waals surface area contributed by atoms with Gasteiger partial charge in [0, 0.05) is 54.5 Å². The van der Waals surface area contributed by atoms with Crippen LogP contribution in [0.1, 0.15) is 75.3 Å². The fourth-order valence-corrected chi connectivity index (χ4v) is 3.66. The number of allylic oxidation sites excluding steroid dienone is 5. The van der Waals surface area contributed by atoms with Crippen molar-refractivity contribution in [1.82, 2.24) is 4.98 Å². The highest BCUT2D eigenvalue weighted by Crippen LogP contribution is 2.46. The lowest BCUT2D eigenvalue weighted by molar-refractivity contribution is -0.00852. The monoisotopic (exact) mass is 416 g/mol. The third-order valence-corrected chi connectivity index (χ3v) is 5.10. The van der Waals surface area contributed by atoms with Gasteiger partial charge in [0.25, 0.3) is 5.92 Å². The number of hydrogen-bond donors (Lipinski definition) is 3. The minimum Gasteiger partial charge on any atom is -0.404 e. The molecule has 0 unspecified atom stereocenters. The summed E-state index contributed by atoms with van der Waals surface area (Å²) in [5.41, 5.74) is 11.1. The minimum absolute atomic E-state index is 0.201. The summed E-state index contributed by atoms with van der Waals surface area (Å²) in [6, 6.07) is 0. The van der Waals surface area contributed by atoms with Crippen LogP contribution in [0, 0.1) is 24.7 Å². The van der Waals surface area contributed by atoms with Gasteiger partial charge in [-0.05, 0) is 54.5 Å². The molecule has 2 rings (SSSR count). The Bertz CT molecular complexity index is 864. The van der Waals surface area contributed by atoms with Gasteiger partial charge in [0.1, 0.15) is 0 Å². The van der Waals surface area contributed by atoms with Gasteiger partial charge in [-0.15, -0.1) is 0 Å². The van der Waals surface area contributed by atoms with Gasteiger partial charge >= 0.3 is 0 Å². The number of nitrogens with two attached hydrogens (primary N) is 1. The number of pyridine rings is 1. The molecule has 4 N–H and O–H groups in total. The van der Waals surface area contributed by atoms with Gasteiger partial charge in [0.2, 0.25) is 0 Å². The number of halogens is 2. The molecule has 0 atom stereocenters. The van der Waals surface area contributed by atoms with E-state index in [1.807, 2.05) is 40.7 Å². The molecule has 1 aromatic heterocycles. The van der Waals surface area contributed by atoms with Crippen LogP contribution >= 0.6 is 0 Å². The highest BCUT2D eigenvalue weighted by molar-refractivity contribution is 5.93. The van der Waals surface area contributed by atoms with E-state index in [4.69, 9.17) is 16.6 Å². The van der Waals surface area contributed by atoms with Crippen LogP contribution < -0.4 is 5.73 Å². The molecule has 0 aromatic carbocycles. The van der Waals surface area contributed by atoms with E-state index in [0.29, 0.717) is 34.4 Å². The second-order valence-corrected chi connectivity index (χ2v) is 7.12. The number of nitrogens with zero attached hydrogens (tertiary/aromatic N) is 1. The van der Waals surface area contributed by atoms with E-state index < -0.39 is 12.3 Å². The Morgan fingerprint density at radius 3 is 2.47 bits per heavy atom. The second kappa shape index (κ2) is 11.5. The molecular formula is C24H34F2N4. The van der Waals surface area contributed by atoms with Gasteiger partial charge in [0.15, 0.2) is 0 Å². The number of unbranched alkanes of at least 4 members (excludes halogenated alkanes) is 1. The Balaban J connectivity index is 0.00000218. The molecule has 1 aliphatic carbocycles. The van der Waals surface area contributed by atoms with Crippen LogP contribution in [0.3, 0.4) is 0 Å². The van der Waals surface area contributed by atoms with Gasteiger partial charge in [-0.2, -0.15) is 0 Å². The van der Waals surface area contributed by atoms with E-state index in [1.54, 1.807) is 6.20 Å². The molecule has 30 heavy (non-hydrogen) atoms. The van der Waals surface area contributed by atoms with Crippen molar-refractivity contribution in [3.8, 4) is 0 Å². The molecule has 164 valence electrons. The first-order valence-corrected chi connectivity index (χ1v) is 10.5. The predicted octanol–water partition coefficient (Wildman–Crippen LogP) is 6.51. The Morgan fingerprint density at radius 1 is 1.27 bits per heavy atom. The Labute approximate surface area is 179 Å². The van der Waals surface area contributed by atoms with Crippen molar-refractivity contribution in [1.29, 1.82) is 10.8 Å².